The first-order valence-corrected chi connectivity index (χ1v) is 12.0. The maximum Gasteiger partial charge on any atom is 0.226 e. The molecule has 2 aliphatic heterocycles. The average molecular weight is 445 g/mol. The van der Waals surface area contributed by atoms with Gasteiger partial charge in [-0.25, -0.2) is 0 Å². The summed E-state index contributed by atoms with van der Waals surface area (Å²) in [6.07, 6.45) is 6.87. The Kier molecular flexibility index (Phi) is 7.62. The van der Waals surface area contributed by atoms with E-state index in [0.717, 1.165) is 44.0 Å². The van der Waals surface area contributed by atoms with Crippen LogP contribution in [0.1, 0.15) is 51.3 Å². The van der Waals surface area contributed by atoms with E-state index in [1.165, 1.54) is 32.4 Å². The number of carbonyl (C=O) groups excluding carboxylic acids is 1. The van der Waals surface area contributed by atoms with E-state index in [-0.39, 0.29) is 5.91 Å². The van der Waals surface area contributed by atoms with Gasteiger partial charge < -0.3 is 14.3 Å². The highest BCUT2D eigenvalue weighted by Gasteiger charge is 2.26. The molecule has 168 valence electrons. The van der Waals surface area contributed by atoms with Crippen LogP contribution in [-0.2, 0) is 11.2 Å². The van der Waals surface area contributed by atoms with Crippen molar-refractivity contribution in [3.05, 3.63) is 35.2 Å². The first-order valence-electron chi connectivity index (χ1n) is 11.7. The summed E-state index contributed by atoms with van der Waals surface area (Å²) >= 11 is 5.93. The molecule has 2 fully saturated rings. The normalized spacial score (nSPS) is 20.8. The van der Waals surface area contributed by atoms with Crippen molar-refractivity contribution in [3.63, 3.8) is 0 Å². The lowest BCUT2D eigenvalue weighted by Gasteiger charge is -2.38. The number of hydrogen-bond acceptors (Lipinski definition) is 5. The molecule has 2 aliphatic rings. The van der Waals surface area contributed by atoms with E-state index in [4.69, 9.17) is 16.1 Å². The van der Waals surface area contributed by atoms with Gasteiger partial charge in [0.1, 0.15) is 0 Å². The van der Waals surface area contributed by atoms with Crippen LogP contribution in [0.3, 0.4) is 0 Å². The maximum atomic E-state index is 12.8. The molecule has 4 rings (SSSR count). The zero-order valence-electron chi connectivity index (χ0n) is 18.4. The molecule has 0 aliphatic carbocycles. The quantitative estimate of drug-likeness (QED) is 0.620. The summed E-state index contributed by atoms with van der Waals surface area (Å²) in [5, 5.41) is 4.72. The van der Waals surface area contributed by atoms with Crippen molar-refractivity contribution in [3.8, 4) is 11.4 Å². The van der Waals surface area contributed by atoms with E-state index in [1.54, 1.807) is 0 Å². The fraction of sp³-hybridized carbons (Fsp3) is 0.625. The molecule has 6 nitrogen and oxygen atoms in total. The predicted octanol–water partition coefficient (Wildman–Crippen LogP) is 4.68. The summed E-state index contributed by atoms with van der Waals surface area (Å²) in [5.74, 6) is 2.87. The van der Waals surface area contributed by atoms with Crippen molar-refractivity contribution >= 4 is 17.5 Å². The summed E-state index contributed by atoms with van der Waals surface area (Å²) in [7, 11) is 0. The van der Waals surface area contributed by atoms with Crippen LogP contribution >= 0.6 is 11.6 Å². The second-order valence-electron chi connectivity index (χ2n) is 9.20. The Labute approximate surface area is 189 Å². The molecule has 2 saturated heterocycles. The molecule has 1 amide bonds. The molecule has 1 unspecified atom stereocenters. The summed E-state index contributed by atoms with van der Waals surface area (Å²) in [6, 6.07) is 7.36. The van der Waals surface area contributed by atoms with Crippen molar-refractivity contribution in [2.24, 2.45) is 11.8 Å². The van der Waals surface area contributed by atoms with E-state index < -0.39 is 0 Å². The van der Waals surface area contributed by atoms with Crippen molar-refractivity contribution in [1.82, 2.24) is 19.9 Å². The molecule has 0 spiro atoms. The lowest BCUT2D eigenvalue weighted by atomic mass is 9.94. The number of piperidine rings is 2. The van der Waals surface area contributed by atoms with Gasteiger partial charge in [-0.05, 0) is 81.3 Å². The molecule has 1 aromatic carbocycles. The molecule has 0 radical (unpaired) electrons. The summed E-state index contributed by atoms with van der Waals surface area (Å²) in [4.78, 5) is 21.9. The zero-order chi connectivity index (χ0) is 21.6. The third kappa shape index (κ3) is 6.30. The van der Waals surface area contributed by atoms with Crippen LogP contribution in [-0.4, -0.2) is 58.6 Å². The van der Waals surface area contributed by atoms with Crippen LogP contribution in [0.4, 0.5) is 0 Å². The Morgan fingerprint density at radius 3 is 2.71 bits per heavy atom. The summed E-state index contributed by atoms with van der Waals surface area (Å²) < 4.78 is 5.36. The lowest BCUT2D eigenvalue weighted by Crippen LogP contribution is -2.45. The third-order valence-corrected chi connectivity index (χ3v) is 6.87. The number of aryl methyl sites for hydroxylation is 1. The molecule has 31 heavy (non-hydrogen) atoms. The van der Waals surface area contributed by atoms with Gasteiger partial charge in [-0.2, -0.15) is 4.98 Å². The second kappa shape index (κ2) is 10.6. The highest BCUT2D eigenvalue weighted by Crippen LogP contribution is 2.23. The number of nitrogens with zero attached hydrogens (tertiary/aromatic N) is 4. The van der Waals surface area contributed by atoms with Gasteiger partial charge in [0.15, 0.2) is 0 Å². The first kappa shape index (κ1) is 22.3. The Balaban J connectivity index is 1.20. The van der Waals surface area contributed by atoms with Crippen molar-refractivity contribution in [2.45, 2.75) is 51.9 Å². The highest BCUT2D eigenvalue weighted by molar-refractivity contribution is 6.30. The molecule has 7 heteroatoms. The molecular weight excluding hydrogens is 412 g/mol. The summed E-state index contributed by atoms with van der Waals surface area (Å²) in [6.45, 7) is 7.73. The minimum Gasteiger partial charge on any atom is -0.342 e. The Morgan fingerprint density at radius 2 is 1.94 bits per heavy atom. The predicted molar refractivity (Wildman–Crippen MR) is 122 cm³/mol. The molecule has 2 aromatic rings. The number of benzene rings is 1. The fourth-order valence-electron chi connectivity index (χ4n) is 4.67. The number of aromatic nitrogens is 2. The Hall–Kier alpha value is -1.92. The number of likely N-dealkylation sites (tertiary alicyclic amines) is 2. The topological polar surface area (TPSA) is 62.5 Å². The second-order valence-corrected chi connectivity index (χ2v) is 9.64. The van der Waals surface area contributed by atoms with E-state index >= 15 is 0 Å². The van der Waals surface area contributed by atoms with Crippen LogP contribution in [0.25, 0.3) is 11.4 Å². The number of amides is 1. The monoisotopic (exact) mass is 444 g/mol. The molecule has 0 N–H and O–H groups in total. The first-order chi connectivity index (χ1) is 15.1. The van der Waals surface area contributed by atoms with Crippen LogP contribution in [0.15, 0.2) is 28.8 Å². The largest absolute Gasteiger partial charge is 0.342 e. The number of carbonyl (C=O) groups is 1. The molecule has 1 atom stereocenters. The molecule has 3 heterocycles. The smallest absolute Gasteiger partial charge is 0.226 e. The standard InChI is InChI=1S/C24H33ClN4O2/c1-18-11-14-28(15-12-18)16-19-4-3-13-29(17-19)23(30)6-2-5-22-26-24(27-31-22)20-7-9-21(25)10-8-20/h7-10,18-19H,2-6,11-17H2,1H3. The van der Waals surface area contributed by atoms with Crippen LogP contribution in [0.2, 0.25) is 5.02 Å². The van der Waals surface area contributed by atoms with E-state index in [1.807, 2.05) is 24.3 Å². The lowest BCUT2D eigenvalue weighted by molar-refractivity contribution is -0.133. The van der Waals surface area contributed by atoms with E-state index in [0.29, 0.717) is 35.5 Å². The van der Waals surface area contributed by atoms with Crippen LogP contribution in [0.5, 0.6) is 0 Å². The van der Waals surface area contributed by atoms with Crippen LogP contribution in [0, 0.1) is 11.8 Å². The van der Waals surface area contributed by atoms with Gasteiger partial charge in [-0.15, -0.1) is 0 Å². The zero-order valence-corrected chi connectivity index (χ0v) is 19.2. The highest BCUT2D eigenvalue weighted by atomic mass is 35.5. The number of halogens is 1. The van der Waals surface area contributed by atoms with Gasteiger partial charge >= 0.3 is 0 Å². The van der Waals surface area contributed by atoms with Crippen molar-refractivity contribution in [1.29, 1.82) is 0 Å². The number of rotatable bonds is 7. The van der Waals surface area contributed by atoms with Gasteiger partial charge in [0.2, 0.25) is 17.6 Å². The molecular formula is C24H33ClN4O2. The average Bonchev–Trinajstić information content (AvgIpc) is 3.25. The number of hydrogen-bond donors (Lipinski definition) is 0. The van der Waals surface area contributed by atoms with Crippen LogP contribution < -0.4 is 0 Å². The summed E-state index contributed by atoms with van der Waals surface area (Å²) in [5.41, 5.74) is 0.873. The fourth-order valence-corrected chi connectivity index (χ4v) is 4.80. The van der Waals surface area contributed by atoms with E-state index in [9.17, 15) is 4.79 Å². The maximum absolute atomic E-state index is 12.8. The van der Waals surface area contributed by atoms with Crippen molar-refractivity contribution in [2.75, 3.05) is 32.7 Å². The SMILES string of the molecule is CC1CCN(CC2CCCN(C(=O)CCCc3nc(-c4ccc(Cl)cc4)no3)C2)CC1. The van der Waals surface area contributed by atoms with Gasteiger partial charge in [-0.1, -0.05) is 23.7 Å². The minimum absolute atomic E-state index is 0.259. The Morgan fingerprint density at radius 1 is 1.16 bits per heavy atom. The third-order valence-electron chi connectivity index (χ3n) is 6.62. The van der Waals surface area contributed by atoms with Crippen molar-refractivity contribution < 1.29 is 9.32 Å². The molecule has 1 aromatic heterocycles. The Bertz CT molecular complexity index is 846. The molecule has 0 saturated carbocycles. The van der Waals surface area contributed by atoms with Gasteiger partial charge in [0.25, 0.3) is 0 Å². The minimum atomic E-state index is 0.259. The molecule has 0 bridgehead atoms. The van der Waals surface area contributed by atoms with Gasteiger partial charge in [0, 0.05) is 43.1 Å². The van der Waals surface area contributed by atoms with E-state index in [2.05, 4.69) is 26.9 Å². The van der Waals surface area contributed by atoms with Gasteiger partial charge in [0.05, 0.1) is 0 Å². The van der Waals surface area contributed by atoms with Gasteiger partial charge in [-0.3, -0.25) is 4.79 Å².